The molecular weight excluding hydrogens is 658 g/mol. The number of unbranched alkanes of at least 4 members (excludes halogenated alkanes) is 1. The van der Waals surface area contributed by atoms with Gasteiger partial charge in [0, 0.05) is 58.5 Å². The van der Waals surface area contributed by atoms with Gasteiger partial charge in [0.2, 0.25) is 17.7 Å². The van der Waals surface area contributed by atoms with Crippen molar-refractivity contribution in [1.82, 2.24) is 25.8 Å². The van der Waals surface area contributed by atoms with Crippen molar-refractivity contribution < 1.29 is 14.4 Å². The second-order valence-electron chi connectivity index (χ2n) is 12.4. The molecule has 1 aliphatic heterocycles. The van der Waals surface area contributed by atoms with Crippen molar-refractivity contribution in [2.45, 2.75) is 79.5 Å². The zero-order valence-corrected chi connectivity index (χ0v) is 29.4. The van der Waals surface area contributed by atoms with Gasteiger partial charge in [0.1, 0.15) is 12.1 Å². The summed E-state index contributed by atoms with van der Waals surface area (Å²) in [4.78, 5) is 49.2. The molecule has 0 aliphatic carbocycles. The minimum absolute atomic E-state index is 0.254. The number of amides is 3. The highest BCUT2D eigenvalue weighted by atomic mass is 35.5. The summed E-state index contributed by atoms with van der Waals surface area (Å²) >= 11 is 7.86. The van der Waals surface area contributed by atoms with Crippen LogP contribution in [-0.4, -0.2) is 65.9 Å². The van der Waals surface area contributed by atoms with Gasteiger partial charge in [0.25, 0.3) is 0 Å². The number of nitrogens with zero attached hydrogens (tertiary/aromatic N) is 1. The summed E-state index contributed by atoms with van der Waals surface area (Å²) in [7, 11) is 1.64. The van der Waals surface area contributed by atoms with E-state index in [4.69, 9.17) is 23.1 Å². The van der Waals surface area contributed by atoms with Gasteiger partial charge >= 0.3 is 0 Å². The van der Waals surface area contributed by atoms with Gasteiger partial charge < -0.3 is 37.3 Å². The van der Waals surface area contributed by atoms with Crippen molar-refractivity contribution in [3.05, 3.63) is 94.6 Å². The Morgan fingerprint density at radius 1 is 0.837 bits per heavy atom. The van der Waals surface area contributed by atoms with Crippen molar-refractivity contribution in [2.24, 2.45) is 11.5 Å². The van der Waals surface area contributed by atoms with Crippen LogP contribution < -0.4 is 27.4 Å². The van der Waals surface area contributed by atoms with Crippen molar-refractivity contribution in [3.8, 4) is 0 Å². The lowest BCUT2D eigenvalue weighted by Crippen LogP contribution is -2.57. The molecule has 0 fully saturated rings. The molecule has 3 amide bonds. The van der Waals surface area contributed by atoms with E-state index in [9.17, 15) is 14.4 Å². The van der Waals surface area contributed by atoms with Crippen LogP contribution in [0.1, 0.15) is 48.8 Å². The first-order chi connectivity index (χ1) is 23.8. The fourth-order valence-electron chi connectivity index (χ4n) is 6.16. The molecule has 8 N–H and O–H groups in total. The lowest BCUT2D eigenvalue weighted by atomic mass is 10.0. The number of H-pyrrole nitrogens is 1. The van der Waals surface area contributed by atoms with Crippen LogP contribution in [0.3, 0.4) is 0 Å². The minimum atomic E-state index is -0.863. The van der Waals surface area contributed by atoms with Gasteiger partial charge in [-0.3, -0.25) is 14.4 Å². The number of hydrogen-bond acceptors (Lipinski definition) is 7. The van der Waals surface area contributed by atoms with Gasteiger partial charge in [-0.15, -0.1) is 0 Å². The average molecular weight is 704 g/mol. The number of aromatic nitrogens is 1. The summed E-state index contributed by atoms with van der Waals surface area (Å²) in [6, 6.07) is 19.3. The molecule has 0 bridgehead atoms. The Hall–Kier alpha value is -3.87. The number of likely N-dealkylation sites (N-methyl/N-ethyl adjacent to an activating group) is 1. The molecular formula is C37H46ClN7O3S. The van der Waals surface area contributed by atoms with Crippen molar-refractivity contribution in [2.75, 3.05) is 20.1 Å². The first-order valence-electron chi connectivity index (χ1n) is 16.9. The number of hydrogen-bond donors (Lipinski definition) is 6. The normalized spacial score (nSPS) is 19.6. The predicted molar refractivity (Wildman–Crippen MR) is 196 cm³/mol. The summed E-state index contributed by atoms with van der Waals surface area (Å²) in [5.41, 5.74) is 15.4. The third kappa shape index (κ3) is 9.43. The number of carbonyl (C=O) groups excluding carboxylic acids is 3. The van der Waals surface area contributed by atoms with Crippen LogP contribution in [0.4, 0.5) is 0 Å². The van der Waals surface area contributed by atoms with Gasteiger partial charge in [0.15, 0.2) is 0 Å². The van der Waals surface area contributed by atoms with Gasteiger partial charge in [-0.2, -0.15) is 0 Å². The lowest BCUT2D eigenvalue weighted by molar-refractivity contribution is -0.142. The number of nitrogens with one attached hydrogen (secondary N) is 4. The van der Waals surface area contributed by atoms with Crippen LogP contribution in [0, 0.1) is 0 Å². The van der Waals surface area contributed by atoms with Crippen LogP contribution in [0.15, 0.2) is 82.7 Å². The molecule has 260 valence electrons. The molecule has 49 heavy (non-hydrogen) atoms. The van der Waals surface area contributed by atoms with E-state index in [0.717, 1.165) is 37.4 Å². The first-order valence-corrected chi connectivity index (χ1v) is 18.1. The van der Waals surface area contributed by atoms with E-state index in [1.165, 1.54) is 4.90 Å². The highest BCUT2D eigenvalue weighted by Crippen LogP contribution is 2.33. The highest BCUT2D eigenvalue weighted by Gasteiger charge is 2.34. The molecule has 0 saturated carbocycles. The molecule has 10 nitrogen and oxygen atoms in total. The summed E-state index contributed by atoms with van der Waals surface area (Å²) in [5, 5.41) is 11.1. The summed E-state index contributed by atoms with van der Waals surface area (Å²) in [5.74, 6) is -0.905. The first kappa shape index (κ1) is 36.4. The van der Waals surface area contributed by atoms with E-state index < -0.39 is 18.1 Å². The summed E-state index contributed by atoms with van der Waals surface area (Å²) < 4.78 is 0. The maximum atomic E-state index is 14.3. The van der Waals surface area contributed by atoms with Crippen molar-refractivity contribution in [3.63, 3.8) is 0 Å². The molecule has 0 saturated heterocycles. The van der Waals surface area contributed by atoms with E-state index >= 15 is 0 Å². The Kier molecular flexibility index (Phi) is 13.1. The van der Waals surface area contributed by atoms with E-state index in [1.807, 2.05) is 66.9 Å². The fourth-order valence-corrected chi connectivity index (χ4v) is 7.41. The molecule has 5 rings (SSSR count). The van der Waals surface area contributed by atoms with E-state index in [-0.39, 0.29) is 30.7 Å². The van der Waals surface area contributed by atoms with E-state index in [0.29, 0.717) is 56.8 Å². The van der Waals surface area contributed by atoms with Crippen LogP contribution >= 0.6 is 23.4 Å². The van der Waals surface area contributed by atoms with Crippen LogP contribution in [-0.2, 0) is 33.9 Å². The van der Waals surface area contributed by atoms with E-state index in [1.54, 1.807) is 18.8 Å². The maximum Gasteiger partial charge on any atom is 0.245 e. The third-order valence-electron chi connectivity index (χ3n) is 8.99. The quantitative estimate of drug-likeness (QED) is 0.140. The van der Waals surface area contributed by atoms with Gasteiger partial charge in [-0.1, -0.05) is 65.8 Å². The standard InChI is InChI=1S/C37H46ClN7O3S/c1-45-32(19-26-23-42-31-20-27(38)15-16-28(26)31)36(47)43-22-25-10-3-5-14-34(25)49-33-13-4-2-9-24(33)21-41-29(12-8-18-40)35(46)44-30(37(45)48)11-6-7-17-39/h2-5,9-10,13-16,20,23,29-30,32,41-42H,6-8,11-12,17-19,21-22,39-40H2,1H3,(H,43,47)(H,44,46)/t29-,30-,32-/m0/s1. The Morgan fingerprint density at radius 3 is 2.22 bits per heavy atom. The largest absolute Gasteiger partial charge is 0.361 e. The number of aromatic amines is 1. The zero-order valence-electron chi connectivity index (χ0n) is 27.8. The van der Waals surface area contributed by atoms with Crippen molar-refractivity contribution in [1.29, 1.82) is 0 Å². The Labute approximate surface area is 297 Å². The molecule has 0 unspecified atom stereocenters. The lowest BCUT2D eigenvalue weighted by Gasteiger charge is -2.32. The van der Waals surface area contributed by atoms with Gasteiger partial charge in [0.05, 0.1) is 6.04 Å². The number of fused-ring (bicyclic) bond motifs is 3. The molecule has 0 spiro atoms. The smallest absolute Gasteiger partial charge is 0.245 e. The summed E-state index contributed by atoms with van der Waals surface area (Å²) in [6.07, 6.45) is 4.99. The zero-order chi connectivity index (χ0) is 34.8. The van der Waals surface area contributed by atoms with Crippen LogP contribution in [0.5, 0.6) is 0 Å². The molecule has 0 radical (unpaired) electrons. The highest BCUT2D eigenvalue weighted by molar-refractivity contribution is 7.99. The minimum Gasteiger partial charge on any atom is -0.361 e. The van der Waals surface area contributed by atoms with Crippen LogP contribution in [0.2, 0.25) is 5.02 Å². The fraction of sp³-hybridized carbons (Fsp3) is 0.378. The van der Waals surface area contributed by atoms with Gasteiger partial charge in [-0.25, -0.2) is 0 Å². The number of rotatable bonds is 9. The van der Waals surface area contributed by atoms with Gasteiger partial charge in [-0.05, 0) is 86.1 Å². The molecule has 3 aromatic carbocycles. The molecule has 1 aliphatic rings. The molecule has 3 atom stereocenters. The molecule has 4 aromatic rings. The number of nitrogens with two attached hydrogens (primary N) is 2. The van der Waals surface area contributed by atoms with Crippen molar-refractivity contribution >= 4 is 52.0 Å². The number of carbonyl (C=O) groups is 3. The molecule has 12 heteroatoms. The molecule has 1 aromatic heterocycles. The monoisotopic (exact) mass is 703 g/mol. The Morgan fingerprint density at radius 2 is 1.51 bits per heavy atom. The maximum absolute atomic E-state index is 14.3. The second-order valence-corrected chi connectivity index (χ2v) is 13.9. The average Bonchev–Trinajstić information content (AvgIpc) is 3.50. The topological polar surface area (TPSA) is 158 Å². The number of benzene rings is 3. The second kappa shape index (κ2) is 17.7. The summed E-state index contributed by atoms with van der Waals surface area (Å²) in [6.45, 7) is 1.64. The van der Waals surface area contributed by atoms with E-state index in [2.05, 4.69) is 27.0 Å². The molecule has 2 heterocycles. The Bertz CT molecular complexity index is 1750. The Balaban J connectivity index is 1.54. The van der Waals surface area contributed by atoms with Crippen LogP contribution in [0.25, 0.3) is 10.9 Å². The number of halogens is 1. The predicted octanol–water partition coefficient (Wildman–Crippen LogP) is 4.48. The third-order valence-corrected chi connectivity index (χ3v) is 10.5. The SMILES string of the molecule is CN1C(=O)[C@H](CCCCN)NC(=O)[C@H](CCCN)NCc2ccccc2Sc2ccccc2CNC(=O)[C@@H]1Cc1c[nH]c2cc(Cl)ccc12.